The molecule has 1 saturated carbocycles. The lowest BCUT2D eigenvalue weighted by Gasteiger charge is -2.09. The lowest BCUT2D eigenvalue weighted by Crippen LogP contribution is -2.29. The van der Waals surface area contributed by atoms with E-state index in [2.05, 4.69) is 14.9 Å². The number of nitrogens with zero attached hydrogens (tertiary/aromatic N) is 2. The summed E-state index contributed by atoms with van der Waals surface area (Å²) in [4.78, 5) is 15.6. The average Bonchev–Trinajstić information content (AvgIpc) is 3.38. The van der Waals surface area contributed by atoms with Crippen molar-refractivity contribution in [2.75, 3.05) is 6.54 Å². The summed E-state index contributed by atoms with van der Waals surface area (Å²) in [5.41, 5.74) is 7.04. The topological polar surface area (TPSA) is 82.2 Å². The quantitative estimate of drug-likeness (QED) is 0.683. The Morgan fingerprint density at radius 2 is 1.96 bits per heavy atom. The largest absolute Gasteiger partial charge is 0.457 e. The van der Waals surface area contributed by atoms with Crippen molar-refractivity contribution in [3.8, 4) is 11.5 Å². The zero-order valence-corrected chi connectivity index (χ0v) is 14.1. The summed E-state index contributed by atoms with van der Waals surface area (Å²) in [6, 6.07) is 12.0. The second-order valence-corrected chi connectivity index (χ2v) is 6.41. The molecule has 1 fully saturated rings. The molecule has 0 spiro atoms. The van der Waals surface area contributed by atoms with Crippen LogP contribution < -0.4 is 15.8 Å². The number of amides is 1. The maximum absolute atomic E-state index is 13.0. The van der Waals surface area contributed by atoms with Crippen LogP contribution in [0.5, 0.6) is 11.5 Å². The molecule has 3 aromatic rings. The van der Waals surface area contributed by atoms with Crippen molar-refractivity contribution in [3.63, 3.8) is 0 Å². The third-order valence-electron chi connectivity index (χ3n) is 4.28. The van der Waals surface area contributed by atoms with Gasteiger partial charge in [-0.25, -0.2) is 9.37 Å². The predicted octanol–water partition coefficient (Wildman–Crippen LogP) is 2.88. The summed E-state index contributed by atoms with van der Waals surface area (Å²) in [7, 11) is 0. The number of nitrogens with two attached hydrogens (primary N) is 1. The van der Waals surface area contributed by atoms with E-state index in [1.807, 2.05) is 18.2 Å². The van der Waals surface area contributed by atoms with Crippen molar-refractivity contribution in [1.82, 2.24) is 14.9 Å². The van der Waals surface area contributed by atoms with Crippen LogP contribution in [0.15, 0.2) is 42.5 Å². The molecule has 0 radical (unpaired) electrons. The first-order valence-electron chi connectivity index (χ1n) is 8.53. The number of aromatic nitrogens is 2. The van der Waals surface area contributed by atoms with Crippen LogP contribution in [0.1, 0.15) is 24.7 Å². The van der Waals surface area contributed by atoms with Gasteiger partial charge in [-0.15, -0.1) is 0 Å². The average molecular weight is 354 g/mol. The molecule has 1 aromatic heterocycles. The number of carbonyl (C=O) groups is 1. The molecule has 1 amide bonds. The Morgan fingerprint density at radius 1 is 1.23 bits per heavy atom. The van der Waals surface area contributed by atoms with E-state index in [4.69, 9.17) is 10.5 Å². The number of fused-ring (bicyclic) bond motifs is 1. The number of nitrogens with one attached hydrogen (secondary N) is 1. The van der Waals surface area contributed by atoms with Gasteiger partial charge in [0.2, 0.25) is 5.91 Å². The Bertz CT molecular complexity index is 948. The molecule has 1 heterocycles. The molecule has 2 aromatic carbocycles. The highest BCUT2D eigenvalue weighted by atomic mass is 19.1. The van der Waals surface area contributed by atoms with Crippen molar-refractivity contribution in [3.05, 3.63) is 54.1 Å². The van der Waals surface area contributed by atoms with Crippen LogP contribution in [0, 0.1) is 5.82 Å². The van der Waals surface area contributed by atoms with E-state index in [-0.39, 0.29) is 12.4 Å². The fraction of sp³-hybridized carbons (Fsp3) is 0.263. The first-order chi connectivity index (χ1) is 12.6. The van der Waals surface area contributed by atoms with Gasteiger partial charge >= 0.3 is 0 Å². The molecule has 0 saturated heterocycles. The Hall–Kier alpha value is -2.93. The van der Waals surface area contributed by atoms with Crippen LogP contribution in [-0.4, -0.2) is 22.0 Å². The molecule has 4 rings (SSSR count). The van der Waals surface area contributed by atoms with Gasteiger partial charge in [0, 0.05) is 12.1 Å². The molecular weight excluding hydrogens is 335 g/mol. The number of ether oxygens (including phenoxy) is 1. The number of primary amides is 1. The highest BCUT2D eigenvalue weighted by Crippen LogP contribution is 2.39. The van der Waals surface area contributed by atoms with Crippen LogP contribution in [0.25, 0.3) is 11.0 Å². The zero-order valence-electron chi connectivity index (χ0n) is 14.1. The van der Waals surface area contributed by atoms with E-state index < -0.39 is 5.91 Å². The van der Waals surface area contributed by atoms with Crippen molar-refractivity contribution < 1.29 is 13.9 Å². The van der Waals surface area contributed by atoms with Gasteiger partial charge in [0.1, 0.15) is 23.1 Å². The number of imidazole rings is 1. The normalized spacial score (nSPS) is 13.9. The first-order valence-corrected chi connectivity index (χ1v) is 8.53. The van der Waals surface area contributed by atoms with Gasteiger partial charge in [-0.3, -0.25) is 4.79 Å². The molecule has 3 N–H and O–H groups in total. The predicted molar refractivity (Wildman–Crippen MR) is 95.4 cm³/mol. The van der Waals surface area contributed by atoms with Crippen molar-refractivity contribution >= 4 is 16.9 Å². The number of benzene rings is 2. The highest BCUT2D eigenvalue weighted by Gasteiger charge is 2.28. The maximum atomic E-state index is 13.0. The van der Waals surface area contributed by atoms with Crippen LogP contribution in [0.3, 0.4) is 0 Å². The summed E-state index contributed by atoms with van der Waals surface area (Å²) in [5.74, 6) is 1.43. The van der Waals surface area contributed by atoms with E-state index in [0.29, 0.717) is 24.1 Å². The van der Waals surface area contributed by atoms with Gasteiger partial charge in [0.05, 0.1) is 24.1 Å². The minimum absolute atomic E-state index is 0.118. The van der Waals surface area contributed by atoms with Crippen LogP contribution in [0.4, 0.5) is 4.39 Å². The summed E-state index contributed by atoms with van der Waals surface area (Å²) < 4.78 is 21.1. The lowest BCUT2D eigenvalue weighted by molar-refractivity contribution is -0.117. The van der Waals surface area contributed by atoms with E-state index >= 15 is 0 Å². The second-order valence-electron chi connectivity index (χ2n) is 6.41. The summed E-state index contributed by atoms with van der Waals surface area (Å²) >= 11 is 0. The third kappa shape index (κ3) is 3.52. The minimum Gasteiger partial charge on any atom is -0.457 e. The SMILES string of the molecule is NC(=O)CNCc1nc2ccc(Oc3ccc(F)cc3)cc2n1C1CC1. The molecule has 0 atom stereocenters. The minimum atomic E-state index is -0.394. The summed E-state index contributed by atoms with van der Waals surface area (Å²) in [6.07, 6.45) is 2.22. The van der Waals surface area contributed by atoms with Crippen LogP contribution in [0.2, 0.25) is 0 Å². The van der Waals surface area contributed by atoms with Gasteiger partial charge in [0.15, 0.2) is 0 Å². The number of rotatable bonds is 7. The fourth-order valence-corrected chi connectivity index (χ4v) is 2.99. The van der Waals surface area contributed by atoms with Crippen molar-refractivity contribution in [1.29, 1.82) is 0 Å². The van der Waals surface area contributed by atoms with E-state index in [9.17, 15) is 9.18 Å². The van der Waals surface area contributed by atoms with Gasteiger partial charge in [-0.2, -0.15) is 0 Å². The van der Waals surface area contributed by atoms with Crippen LogP contribution >= 0.6 is 0 Å². The van der Waals surface area contributed by atoms with Gasteiger partial charge in [-0.05, 0) is 49.2 Å². The monoisotopic (exact) mass is 354 g/mol. The van der Waals surface area contributed by atoms with Gasteiger partial charge < -0.3 is 20.4 Å². The van der Waals surface area contributed by atoms with Gasteiger partial charge in [0.25, 0.3) is 0 Å². The Balaban J connectivity index is 1.62. The standard InChI is InChI=1S/C19H19FN4O2/c20-12-1-5-14(6-2-12)26-15-7-8-16-17(9-15)24(13-3-4-13)19(23-16)11-22-10-18(21)25/h1-2,5-9,13,22H,3-4,10-11H2,(H2,21,25). The van der Waals surface area contributed by atoms with Gasteiger partial charge in [-0.1, -0.05) is 0 Å². The molecular formula is C19H19FN4O2. The third-order valence-corrected chi connectivity index (χ3v) is 4.28. The molecule has 1 aliphatic rings. The fourth-order valence-electron chi connectivity index (χ4n) is 2.99. The highest BCUT2D eigenvalue weighted by molar-refractivity contribution is 5.78. The van der Waals surface area contributed by atoms with E-state index in [1.54, 1.807) is 12.1 Å². The van der Waals surface area contributed by atoms with E-state index in [0.717, 1.165) is 29.7 Å². The molecule has 0 aliphatic heterocycles. The number of hydrogen-bond acceptors (Lipinski definition) is 4. The molecule has 0 bridgehead atoms. The summed E-state index contributed by atoms with van der Waals surface area (Å²) in [5, 5.41) is 3.02. The first kappa shape index (κ1) is 16.5. The maximum Gasteiger partial charge on any atom is 0.231 e. The van der Waals surface area contributed by atoms with Crippen molar-refractivity contribution in [2.45, 2.75) is 25.4 Å². The zero-order chi connectivity index (χ0) is 18.1. The molecule has 26 heavy (non-hydrogen) atoms. The lowest BCUT2D eigenvalue weighted by atomic mass is 10.3. The Kier molecular flexibility index (Phi) is 4.30. The number of carbonyl (C=O) groups excluding carboxylic acids is 1. The molecule has 7 heteroatoms. The molecule has 1 aliphatic carbocycles. The van der Waals surface area contributed by atoms with Crippen molar-refractivity contribution in [2.24, 2.45) is 5.73 Å². The molecule has 6 nitrogen and oxygen atoms in total. The summed E-state index contributed by atoms with van der Waals surface area (Å²) in [6.45, 7) is 0.592. The Labute approximate surface area is 149 Å². The number of halogens is 1. The molecule has 134 valence electrons. The molecule has 0 unspecified atom stereocenters. The van der Waals surface area contributed by atoms with E-state index in [1.165, 1.54) is 12.1 Å². The number of hydrogen-bond donors (Lipinski definition) is 2. The smallest absolute Gasteiger partial charge is 0.231 e. The second kappa shape index (κ2) is 6.76. The Morgan fingerprint density at radius 3 is 2.65 bits per heavy atom. The van der Waals surface area contributed by atoms with Crippen LogP contribution in [-0.2, 0) is 11.3 Å².